The van der Waals surface area contributed by atoms with Gasteiger partial charge in [-0.15, -0.1) is 0 Å². The van der Waals surface area contributed by atoms with Gasteiger partial charge in [0.1, 0.15) is 5.54 Å². The molecule has 32 heavy (non-hydrogen) atoms. The normalized spacial score (nSPS) is 17.0. The van der Waals surface area contributed by atoms with E-state index in [4.69, 9.17) is 9.47 Å². The molecular formula is C24H27N3O5. The number of carbonyl (C=O) groups is 3. The summed E-state index contributed by atoms with van der Waals surface area (Å²) in [6, 6.07) is 12.1. The van der Waals surface area contributed by atoms with Crippen LogP contribution in [0.25, 0.3) is 0 Å². The van der Waals surface area contributed by atoms with Crippen molar-refractivity contribution in [1.29, 1.82) is 0 Å². The van der Waals surface area contributed by atoms with Crippen LogP contribution in [-0.4, -0.2) is 36.6 Å². The second-order valence-electron chi connectivity index (χ2n) is 8.48. The maximum Gasteiger partial charge on any atom is 0.329 e. The SMILES string of the molecule is CC1(C)NC(=O)N(c2cccc(NC(=O)CCCc3ccc4c(c3)OCCCO4)c2)C1=O. The number of hydrogen-bond donors (Lipinski definition) is 2. The van der Waals surface area contributed by atoms with Crippen molar-refractivity contribution >= 4 is 29.2 Å². The molecule has 0 aromatic heterocycles. The Labute approximate surface area is 186 Å². The standard InChI is InChI=1S/C24H27N3O5/c1-24(2)22(29)27(23(30)26-24)18-8-4-7-17(15-18)25-21(28)9-3-6-16-10-11-19-20(14-16)32-13-5-12-31-19/h4,7-8,10-11,14-15H,3,5-6,9,12-13H2,1-2H3,(H,25,28)(H,26,30). The Balaban J connectivity index is 1.32. The van der Waals surface area contributed by atoms with Gasteiger partial charge in [0, 0.05) is 18.5 Å². The van der Waals surface area contributed by atoms with Crippen molar-refractivity contribution in [2.45, 2.75) is 45.1 Å². The molecule has 2 aliphatic heterocycles. The van der Waals surface area contributed by atoms with Crippen LogP contribution in [0.2, 0.25) is 0 Å². The van der Waals surface area contributed by atoms with Gasteiger partial charge in [-0.05, 0) is 62.6 Å². The number of carbonyl (C=O) groups excluding carboxylic acids is 3. The van der Waals surface area contributed by atoms with Crippen LogP contribution in [-0.2, 0) is 16.0 Å². The van der Waals surface area contributed by atoms with Crippen LogP contribution in [0.1, 0.15) is 38.7 Å². The fourth-order valence-electron chi connectivity index (χ4n) is 3.75. The minimum absolute atomic E-state index is 0.131. The van der Waals surface area contributed by atoms with Crippen LogP contribution in [0.4, 0.5) is 16.2 Å². The molecule has 0 aliphatic carbocycles. The molecule has 0 saturated carbocycles. The van der Waals surface area contributed by atoms with E-state index in [1.807, 2.05) is 18.2 Å². The third-order valence-electron chi connectivity index (χ3n) is 5.43. The second kappa shape index (κ2) is 8.90. The maximum atomic E-state index is 12.5. The Morgan fingerprint density at radius 3 is 2.62 bits per heavy atom. The summed E-state index contributed by atoms with van der Waals surface area (Å²) in [7, 11) is 0. The van der Waals surface area contributed by atoms with Gasteiger partial charge in [0.05, 0.1) is 18.9 Å². The Hall–Kier alpha value is -3.55. The minimum atomic E-state index is -0.955. The molecule has 0 atom stereocenters. The molecule has 2 heterocycles. The largest absolute Gasteiger partial charge is 0.490 e. The zero-order valence-corrected chi connectivity index (χ0v) is 18.3. The van der Waals surface area contributed by atoms with Crippen molar-refractivity contribution in [3.63, 3.8) is 0 Å². The Kier molecular flexibility index (Phi) is 6.03. The average Bonchev–Trinajstić information content (AvgIpc) is 2.90. The van der Waals surface area contributed by atoms with Crippen LogP contribution in [0.5, 0.6) is 11.5 Å². The monoisotopic (exact) mass is 437 g/mol. The van der Waals surface area contributed by atoms with Crippen LogP contribution in [0.3, 0.4) is 0 Å². The van der Waals surface area contributed by atoms with E-state index in [2.05, 4.69) is 10.6 Å². The van der Waals surface area contributed by atoms with E-state index in [9.17, 15) is 14.4 Å². The molecule has 0 bridgehead atoms. The summed E-state index contributed by atoms with van der Waals surface area (Å²) >= 11 is 0. The third-order valence-corrected chi connectivity index (χ3v) is 5.43. The zero-order valence-electron chi connectivity index (χ0n) is 18.3. The number of nitrogens with zero attached hydrogens (tertiary/aromatic N) is 1. The van der Waals surface area contributed by atoms with E-state index in [-0.39, 0.29) is 11.8 Å². The summed E-state index contributed by atoms with van der Waals surface area (Å²) in [6.07, 6.45) is 2.61. The summed E-state index contributed by atoms with van der Waals surface area (Å²) in [5.41, 5.74) is 1.09. The quantitative estimate of drug-likeness (QED) is 0.673. The highest BCUT2D eigenvalue weighted by Gasteiger charge is 2.45. The number of benzene rings is 2. The van der Waals surface area contributed by atoms with Crippen molar-refractivity contribution in [1.82, 2.24) is 5.32 Å². The molecule has 2 aromatic carbocycles. The van der Waals surface area contributed by atoms with Crippen LogP contribution in [0.15, 0.2) is 42.5 Å². The van der Waals surface area contributed by atoms with Crippen molar-refractivity contribution in [3.8, 4) is 11.5 Å². The summed E-state index contributed by atoms with van der Waals surface area (Å²) in [4.78, 5) is 38.2. The number of imide groups is 1. The first-order chi connectivity index (χ1) is 15.3. The van der Waals surface area contributed by atoms with Gasteiger partial charge in [0.25, 0.3) is 5.91 Å². The lowest BCUT2D eigenvalue weighted by molar-refractivity contribution is -0.121. The lowest BCUT2D eigenvalue weighted by Gasteiger charge is -2.16. The van der Waals surface area contributed by atoms with Gasteiger partial charge in [-0.3, -0.25) is 9.59 Å². The van der Waals surface area contributed by atoms with Gasteiger partial charge in [-0.1, -0.05) is 12.1 Å². The summed E-state index contributed by atoms with van der Waals surface area (Å²) < 4.78 is 11.4. The van der Waals surface area contributed by atoms with Crippen LogP contribution < -0.4 is 25.0 Å². The van der Waals surface area contributed by atoms with E-state index in [1.54, 1.807) is 38.1 Å². The van der Waals surface area contributed by atoms with Gasteiger partial charge in [0.2, 0.25) is 5.91 Å². The van der Waals surface area contributed by atoms with Gasteiger partial charge in [-0.25, -0.2) is 9.69 Å². The van der Waals surface area contributed by atoms with E-state index >= 15 is 0 Å². The number of aryl methyl sites for hydroxylation is 1. The van der Waals surface area contributed by atoms with Crippen LogP contribution >= 0.6 is 0 Å². The van der Waals surface area contributed by atoms with Crippen molar-refractivity contribution in [3.05, 3.63) is 48.0 Å². The van der Waals surface area contributed by atoms with E-state index in [0.29, 0.717) is 37.4 Å². The Bertz CT molecular complexity index is 1050. The van der Waals surface area contributed by atoms with Gasteiger partial charge in [-0.2, -0.15) is 0 Å². The van der Waals surface area contributed by atoms with Crippen molar-refractivity contribution in [2.24, 2.45) is 0 Å². The molecule has 0 radical (unpaired) electrons. The summed E-state index contributed by atoms with van der Waals surface area (Å²) in [5, 5.41) is 5.50. The van der Waals surface area contributed by atoms with Gasteiger partial charge >= 0.3 is 6.03 Å². The van der Waals surface area contributed by atoms with E-state index in [1.165, 1.54) is 0 Å². The first kappa shape index (κ1) is 21.7. The molecule has 0 spiro atoms. The molecule has 8 heteroatoms. The molecule has 0 unspecified atom stereocenters. The maximum absolute atomic E-state index is 12.5. The first-order valence-corrected chi connectivity index (χ1v) is 10.8. The minimum Gasteiger partial charge on any atom is -0.490 e. The molecule has 2 aromatic rings. The Morgan fingerprint density at radius 1 is 1.09 bits per heavy atom. The lowest BCUT2D eigenvalue weighted by atomic mass is 10.1. The van der Waals surface area contributed by atoms with Gasteiger partial charge < -0.3 is 20.1 Å². The number of urea groups is 1. The van der Waals surface area contributed by atoms with Gasteiger partial charge in [0.15, 0.2) is 11.5 Å². The molecule has 2 N–H and O–H groups in total. The highest BCUT2D eigenvalue weighted by molar-refractivity contribution is 6.23. The predicted molar refractivity (Wildman–Crippen MR) is 120 cm³/mol. The predicted octanol–water partition coefficient (Wildman–Crippen LogP) is 3.64. The highest BCUT2D eigenvalue weighted by Crippen LogP contribution is 2.31. The fourth-order valence-corrected chi connectivity index (χ4v) is 3.75. The zero-order chi connectivity index (χ0) is 22.7. The van der Waals surface area contributed by atoms with Crippen LogP contribution in [0, 0.1) is 0 Å². The third kappa shape index (κ3) is 4.69. The number of anilines is 2. The number of rotatable bonds is 6. The average molecular weight is 437 g/mol. The highest BCUT2D eigenvalue weighted by atomic mass is 16.5. The van der Waals surface area contributed by atoms with Crippen molar-refractivity contribution in [2.75, 3.05) is 23.4 Å². The lowest BCUT2D eigenvalue weighted by Crippen LogP contribution is -2.40. The number of fused-ring (bicyclic) bond motifs is 1. The Morgan fingerprint density at radius 2 is 1.88 bits per heavy atom. The summed E-state index contributed by atoms with van der Waals surface area (Å²) in [6.45, 7) is 4.60. The number of hydrogen-bond acceptors (Lipinski definition) is 5. The molecule has 168 valence electrons. The first-order valence-electron chi connectivity index (χ1n) is 10.8. The number of amides is 4. The molecule has 2 aliphatic rings. The molecule has 4 amide bonds. The topological polar surface area (TPSA) is 97.0 Å². The molecule has 8 nitrogen and oxygen atoms in total. The molecule has 1 fully saturated rings. The summed E-state index contributed by atoms with van der Waals surface area (Å²) in [5.74, 6) is 1.05. The second-order valence-corrected chi connectivity index (χ2v) is 8.48. The smallest absolute Gasteiger partial charge is 0.329 e. The molecule has 4 rings (SSSR count). The van der Waals surface area contributed by atoms with E-state index in [0.717, 1.165) is 34.8 Å². The molecular weight excluding hydrogens is 410 g/mol. The fraction of sp³-hybridized carbons (Fsp3) is 0.375. The molecule has 1 saturated heterocycles. The number of nitrogens with one attached hydrogen (secondary N) is 2. The van der Waals surface area contributed by atoms with E-state index < -0.39 is 11.6 Å². The number of ether oxygens (including phenoxy) is 2. The van der Waals surface area contributed by atoms with Crippen molar-refractivity contribution < 1.29 is 23.9 Å².